The maximum Gasteiger partial charge on any atom is 0.293 e. The molecule has 0 spiro atoms. The number of aromatic nitrogens is 5. The highest BCUT2D eigenvalue weighted by Crippen LogP contribution is 2.24. The van der Waals surface area contributed by atoms with Crippen molar-refractivity contribution in [2.45, 2.75) is 51.6 Å². The predicted octanol–water partition coefficient (Wildman–Crippen LogP) is 1.72. The summed E-state index contributed by atoms with van der Waals surface area (Å²) in [5.41, 5.74) is 10.4. The smallest absolute Gasteiger partial charge is 0.293 e. The summed E-state index contributed by atoms with van der Waals surface area (Å²) in [5.74, 6) is -0.459. The van der Waals surface area contributed by atoms with Crippen LogP contribution in [0.1, 0.15) is 60.8 Å². The van der Waals surface area contributed by atoms with Crippen molar-refractivity contribution in [3.8, 4) is 5.82 Å². The van der Waals surface area contributed by atoms with Crippen LogP contribution in [0.4, 0.5) is 11.5 Å². The third kappa shape index (κ3) is 5.87. The Morgan fingerprint density at radius 2 is 1.97 bits per heavy atom. The highest BCUT2D eigenvalue weighted by Gasteiger charge is 2.27. The number of benzene rings is 1. The number of nitrogens with one attached hydrogen (secondary N) is 2. The van der Waals surface area contributed by atoms with Gasteiger partial charge in [0.2, 0.25) is 17.5 Å². The molecular formula is C22H28N10O3. The second kappa shape index (κ2) is 10.9. The number of rotatable bonds is 8. The third-order valence-corrected chi connectivity index (χ3v) is 5.88. The second-order valence-electron chi connectivity index (χ2n) is 8.48. The van der Waals surface area contributed by atoms with Gasteiger partial charge < -0.3 is 11.1 Å². The Hall–Kier alpha value is -4.13. The molecule has 184 valence electrons. The van der Waals surface area contributed by atoms with E-state index in [0.717, 1.165) is 18.4 Å². The highest BCUT2D eigenvalue weighted by atomic mass is 16.6. The fourth-order valence-corrected chi connectivity index (χ4v) is 4.09. The van der Waals surface area contributed by atoms with Crippen LogP contribution >= 0.6 is 0 Å². The molecule has 1 aliphatic carbocycles. The maximum absolute atomic E-state index is 13.0. The molecule has 0 radical (unpaired) electrons. The second-order valence-corrected chi connectivity index (χ2v) is 8.48. The zero-order chi connectivity index (χ0) is 24.8. The Balaban J connectivity index is 1.51. The van der Waals surface area contributed by atoms with Crippen LogP contribution in [0, 0.1) is 0 Å². The van der Waals surface area contributed by atoms with Gasteiger partial charge in [-0.1, -0.05) is 36.6 Å². The quantitative estimate of drug-likeness (QED) is 0.321. The molecule has 0 bridgehead atoms. The minimum absolute atomic E-state index is 0.0455. The van der Waals surface area contributed by atoms with Gasteiger partial charge >= 0.3 is 0 Å². The number of amides is 2. The Labute approximate surface area is 201 Å². The van der Waals surface area contributed by atoms with Crippen molar-refractivity contribution in [3.05, 3.63) is 41.2 Å². The number of nitrogens with zero attached hydrogens (tertiary/aromatic N) is 7. The first-order chi connectivity index (χ1) is 16.9. The van der Waals surface area contributed by atoms with Crippen LogP contribution in [0.15, 0.2) is 34.0 Å². The Morgan fingerprint density at radius 3 is 2.63 bits per heavy atom. The third-order valence-electron chi connectivity index (χ3n) is 5.88. The van der Waals surface area contributed by atoms with Gasteiger partial charge in [-0.25, -0.2) is 10.1 Å². The van der Waals surface area contributed by atoms with Crippen molar-refractivity contribution in [1.82, 2.24) is 35.6 Å². The fraction of sp³-hybridized carbons (Fsp3) is 0.409. The van der Waals surface area contributed by atoms with E-state index in [2.05, 4.69) is 41.4 Å². The molecule has 35 heavy (non-hydrogen) atoms. The van der Waals surface area contributed by atoms with Crippen molar-refractivity contribution in [3.63, 3.8) is 0 Å². The van der Waals surface area contributed by atoms with Crippen molar-refractivity contribution in [2.24, 2.45) is 5.10 Å². The molecule has 13 nitrogen and oxygen atoms in total. The van der Waals surface area contributed by atoms with E-state index in [1.807, 2.05) is 7.05 Å². The van der Waals surface area contributed by atoms with Crippen LogP contribution in [0.25, 0.3) is 5.82 Å². The Bertz CT molecular complexity index is 1190. The van der Waals surface area contributed by atoms with Crippen LogP contribution in [0.2, 0.25) is 0 Å². The van der Waals surface area contributed by atoms with Gasteiger partial charge in [-0.05, 0) is 47.9 Å². The van der Waals surface area contributed by atoms with Gasteiger partial charge in [0, 0.05) is 25.2 Å². The molecule has 4 rings (SSSR count). The highest BCUT2D eigenvalue weighted by molar-refractivity contribution is 5.94. The van der Waals surface area contributed by atoms with Crippen LogP contribution in [0.5, 0.6) is 0 Å². The van der Waals surface area contributed by atoms with Crippen LogP contribution in [-0.4, -0.2) is 61.3 Å². The molecule has 1 aliphatic rings. The summed E-state index contributed by atoms with van der Waals surface area (Å²) < 4.78 is 6.09. The zero-order valence-electron chi connectivity index (χ0n) is 19.6. The van der Waals surface area contributed by atoms with Crippen LogP contribution in [-0.2, 0) is 11.3 Å². The molecule has 0 atom stereocenters. The number of nitrogen functional groups attached to an aromatic ring is 1. The normalized spacial score (nSPS) is 14.5. The van der Waals surface area contributed by atoms with Crippen LogP contribution in [0.3, 0.4) is 0 Å². The van der Waals surface area contributed by atoms with E-state index in [4.69, 9.17) is 10.4 Å². The van der Waals surface area contributed by atoms with Crippen molar-refractivity contribution in [1.29, 1.82) is 0 Å². The summed E-state index contributed by atoms with van der Waals surface area (Å²) in [4.78, 5) is 26.3. The van der Waals surface area contributed by atoms with E-state index in [1.54, 1.807) is 24.3 Å². The van der Waals surface area contributed by atoms with Gasteiger partial charge in [0.25, 0.3) is 5.91 Å². The molecule has 2 aromatic heterocycles. The molecule has 2 heterocycles. The summed E-state index contributed by atoms with van der Waals surface area (Å²) in [6, 6.07) is 7.41. The van der Waals surface area contributed by atoms with E-state index in [0.29, 0.717) is 24.0 Å². The largest absolute Gasteiger partial charge is 0.378 e. The van der Waals surface area contributed by atoms with Gasteiger partial charge in [-0.2, -0.15) is 9.78 Å². The van der Waals surface area contributed by atoms with Gasteiger partial charge in [-0.15, -0.1) is 5.10 Å². The molecule has 0 aliphatic heterocycles. The maximum atomic E-state index is 13.0. The Morgan fingerprint density at radius 1 is 1.23 bits per heavy atom. The van der Waals surface area contributed by atoms with E-state index in [1.165, 1.54) is 37.1 Å². The molecule has 13 heteroatoms. The lowest BCUT2D eigenvalue weighted by Crippen LogP contribution is -2.34. The Kier molecular flexibility index (Phi) is 7.45. The van der Waals surface area contributed by atoms with Gasteiger partial charge in [0.05, 0.1) is 11.9 Å². The van der Waals surface area contributed by atoms with Crippen LogP contribution < -0.4 is 16.5 Å². The van der Waals surface area contributed by atoms with Crippen molar-refractivity contribution in [2.75, 3.05) is 18.1 Å². The minimum atomic E-state index is -0.524. The summed E-state index contributed by atoms with van der Waals surface area (Å²) in [7, 11) is 2.02. The fourth-order valence-electron chi connectivity index (χ4n) is 4.09. The summed E-state index contributed by atoms with van der Waals surface area (Å²) in [5, 5.41) is 22.3. The molecule has 4 N–H and O–H groups in total. The standard InChI is InChI=1S/C22H28N10O3/c1-14(33)25-16-10-8-15(9-11-16)12-24-27-22(34)19-18(13-31(2)17-6-4-3-5-7-17)32(30-26-19)21-20(23)28-35-29-21/h8-12,17H,3-7,13H2,1-2H3,(H2,23,28)(H,25,33)(H,27,34)/b24-12-. The molecule has 1 aromatic carbocycles. The van der Waals surface area contributed by atoms with Gasteiger partial charge in [0.15, 0.2) is 5.69 Å². The molecule has 1 saturated carbocycles. The SMILES string of the molecule is CC(=O)Nc1ccc(/C=N\NC(=O)c2nnn(-c3nonc3N)c2CN(C)C2CCCCC2)cc1. The summed E-state index contributed by atoms with van der Waals surface area (Å²) >= 11 is 0. The van der Waals surface area contributed by atoms with Crippen molar-refractivity contribution >= 4 is 29.5 Å². The lowest BCUT2D eigenvalue weighted by Gasteiger charge is -2.31. The zero-order valence-corrected chi connectivity index (χ0v) is 19.6. The number of carbonyl (C=O) groups excluding carboxylic acids is 2. The first-order valence-electron chi connectivity index (χ1n) is 11.4. The van der Waals surface area contributed by atoms with E-state index < -0.39 is 5.91 Å². The number of nitrogens with two attached hydrogens (primary N) is 1. The van der Waals surface area contributed by atoms with E-state index >= 15 is 0 Å². The van der Waals surface area contributed by atoms with Gasteiger partial charge in [-0.3, -0.25) is 14.5 Å². The first-order valence-corrected chi connectivity index (χ1v) is 11.4. The number of carbonyl (C=O) groups is 2. The average Bonchev–Trinajstić information content (AvgIpc) is 3.46. The summed E-state index contributed by atoms with van der Waals surface area (Å²) in [6.07, 6.45) is 7.29. The number of anilines is 2. The first kappa shape index (κ1) is 24.0. The molecule has 1 fully saturated rings. The monoisotopic (exact) mass is 480 g/mol. The van der Waals surface area contributed by atoms with Crippen molar-refractivity contribution < 1.29 is 14.2 Å². The van der Waals surface area contributed by atoms with E-state index in [-0.39, 0.29) is 23.2 Å². The number of hydrazone groups is 1. The van der Waals surface area contributed by atoms with Gasteiger partial charge in [0.1, 0.15) is 0 Å². The lowest BCUT2D eigenvalue weighted by atomic mass is 9.94. The lowest BCUT2D eigenvalue weighted by molar-refractivity contribution is -0.114. The molecule has 3 aromatic rings. The summed E-state index contributed by atoms with van der Waals surface area (Å²) in [6.45, 7) is 1.84. The molecule has 0 saturated heterocycles. The average molecular weight is 481 g/mol. The minimum Gasteiger partial charge on any atom is -0.378 e. The molecule has 0 unspecified atom stereocenters. The predicted molar refractivity (Wildman–Crippen MR) is 128 cm³/mol. The number of hydrogen-bond donors (Lipinski definition) is 3. The molecular weight excluding hydrogens is 452 g/mol. The topological polar surface area (TPSA) is 169 Å². The molecule has 2 amide bonds. The van der Waals surface area contributed by atoms with E-state index in [9.17, 15) is 9.59 Å². The number of hydrogen-bond acceptors (Lipinski definition) is 10.